The minimum absolute atomic E-state index is 0.202. The second-order valence-corrected chi connectivity index (χ2v) is 4.69. The van der Waals surface area contributed by atoms with Crippen molar-refractivity contribution in [3.8, 4) is 0 Å². The number of nitrogens with one attached hydrogen (secondary N) is 1. The van der Waals surface area contributed by atoms with Gasteiger partial charge in [-0.15, -0.1) is 0 Å². The lowest BCUT2D eigenvalue weighted by Crippen LogP contribution is -2.16. The first-order valence-corrected chi connectivity index (χ1v) is 5.63. The normalized spacial score (nSPS) is 34.3. The number of furan rings is 1. The fourth-order valence-electron chi connectivity index (χ4n) is 3.00. The first-order chi connectivity index (χ1) is 7.34. The van der Waals surface area contributed by atoms with Crippen LogP contribution in [0.25, 0.3) is 0 Å². The number of hydrogen-bond acceptors (Lipinski definition) is 3. The van der Waals surface area contributed by atoms with Gasteiger partial charge in [0.05, 0.1) is 6.26 Å². The summed E-state index contributed by atoms with van der Waals surface area (Å²) in [5.41, 5.74) is 0. The Bertz CT molecular complexity index is 346. The van der Waals surface area contributed by atoms with Crippen molar-refractivity contribution in [2.75, 3.05) is 13.1 Å². The number of Topliss-reactive ketones (excluding diaryl/α,β-unsaturated/α-hetero) is 1. The molecule has 2 fully saturated rings. The van der Waals surface area contributed by atoms with Crippen LogP contribution < -0.4 is 5.32 Å². The average molecular weight is 205 g/mol. The van der Waals surface area contributed by atoms with Crippen molar-refractivity contribution in [3.63, 3.8) is 0 Å². The Hall–Kier alpha value is -1.09. The van der Waals surface area contributed by atoms with Crippen LogP contribution in [0.5, 0.6) is 0 Å². The largest absolute Gasteiger partial charge is 0.461 e. The summed E-state index contributed by atoms with van der Waals surface area (Å²) in [6.45, 7) is 2.18. The third kappa shape index (κ3) is 1.51. The highest BCUT2D eigenvalue weighted by atomic mass is 16.3. The van der Waals surface area contributed by atoms with Crippen LogP contribution in [0.15, 0.2) is 22.8 Å². The van der Waals surface area contributed by atoms with E-state index in [1.807, 2.05) is 0 Å². The lowest BCUT2D eigenvalue weighted by molar-refractivity contribution is 0.0889. The van der Waals surface area contributed by atoms with Gasteiger partial charge in [-0.25, -0.2) is 0 Å². The Labute approximate surface area is 88.8 Å². The summed E-state index contributed by atoms with van der Waals surface area (Å²) in [5.74, 6) is 2.37. The molecular formula is C12H15NO2. The molecule has 15 heavy (non-hydrogen) atoms. The zero-order valence-electron chi connectivity index (χ0n) is 8.61. The van der Waals surface area contributed by atoms with Gasteiger partial charge in [0.15, 0.2) is 5.76 Å². The Kier molecular flexibility index (Phi) is 2.13. The van der Waals surface area contributed by atoms with E-state index in [1.165, 1.54) is 0 Å². The average Bonchev–Trinajstić information content (AvgIpc) is 2.92. The first-order valence-electron chi connectivity index (χ1n) is 5.63. The van der Waals surface area contributed by atoms with Crippen molar-refractivity contribution in [2.45, 2.75) is 12.8 Å². The van der Waals surface area contributed by atoms with Crippen molar-refractivity contribution < 1.29 is 9.21 Å². The van der Waals surface area contributed by atoms with Gasteiger partial charge in [-0.2, -0.15) is 0 Å². The highest BCUT2D eigenvalue weighted by molar-refractivity contribution is 5.95. The summed E-state index contributed by atoms with van der Waals surface area (Å²) in [7, 11) is 0. The van der Waals surface area contributed by atoms with Crippen LogP contribution in [-0.2, 0) is 0 Å². The van der Waals surface area contributed by atoms with Crippen LogP contribution in [0, 0.1) is 17.8 Å². The van der Waals surface area contributed by atoms with Gasteiger partial charge in [-0.3, -0.25) is 4.79 Å². The van der Waals surface area contributed by atoms with E-state index in [-0.39, 0.29) is 11.7 Å². The summed E-state index contributed by atoms with van der Waals surface area (Å²) >= 11 is 0. The second-order valence-electron chi connectivity index (χ2n) is 4.69. The maximum absolute atomic E-state index is 12.0. The van der Waals surface area contributed by atoms with E-state index >= 15 is 0 Å². The molecule has 2 heterocycles. The van der Waals surface area contributed by atoms with Crippen molar-refractivity contribution >= 4 is 5.78 Å². The van der Waals surface area contributed by atoms with E-state index in [2.05, 4.69) is 5.32 Å². The molecule has 1 N–H and O–H groups in total. The lowest BCUT2D eigenvalue weighted by Gasteiger charge is -2.07. The molecule has 0 radical (unpaired) electrons. The third-order valence-electron chi connectivity index (χ3n) is 3.79. The molecule has 1 saturated carbocycles. The van der Waals surface area contributed by atoms with Crippen molar-refractivity contribution in [1.82, 2.24) is 5.32 Å². The van der Waals surface area contributed by atoms with E-state index < -0.39 is 0 Å². The van der Waals surface area contributed by atoms with E-state index in [1.54, 1.807) is 18.4 Å². The van der Waals surface area contributed by atoms with E-state index in [0.717, 1.165) is 25.9 Å². The minimum atomic E-state index is 0.202. The van der Waals surface area contributed by atoms with Gasteiger partial charge < -0.3 is 9.73 Å². The molecule has 2 aliphatic rings. The highest BCUT2D eigenvalue weighted by Crippen LogP contribution is 2.39. The van der Waals surface area contributed by atoms with Gasteiger partial charge in [0, 0.05) is 5.92 Å². The first kappa shape index (κ1) is 9.16. The number of carbonyl (C=O) groups is 1. The molecule has 80 valence electrons. The van der Waals surface area contributed by atoms with Crippen LogP contribution in [0.2, 0.25) is 0 Å². The van der Waals surface area contributed by atoms with Gasteiger partial charge in [0.1, 0.15) is 0 Å². The molecule has 3 atom stereocenters. The Balaban J connectivity index is 1.72. The standard InChI is InChI=1S/C12H15NO2/c14-12(11-2-1-3-15-11)8-4-9-6-13-7-10(9)5-8/h1-3,8-10,13H,4-7H2/t8-,9+,10-. The number of rotatable bonds is 2. The maximum atomic E-state index is 12.0. The Morgan fingerprint density at radius 1 is 1.33 bits per heavy atom. The monoisotopic (exact) mass is 205 g/mol. The predicted molar refractivity (Wildman–Crippen MR) is 55.6 cm³/mol. The molecule has 1 aliphatic carbocycles. The number of hydrogen-bond donors (Lipinski definition) is 1. The zero-order valence-corrected chi connectivity index (χ0v) is 8.61. The van der Waals surface area contributed by atoms with Gasteiger partial charge in [-0.05, 0) is 49.9 Å². The summed E-state index contributed by atoms with van der Waals surface area (Å²) in [6.07, 6.45) is 3.65. The fourth-order valence-corrected chi connectivity index (χ4v) is 3.00. The molecule has 0 aromatic carbocycles. The van der Waals surface area contributed by atoms with Crippen LogP contribution in [0.3, 0.4) is 0 Å². The van der Waals surface area contributed by atoms with E-state index in [9.17, 15) is 4.79 Å². The number of carbonyl (C=O) groups excluding carboxylic acids is 1. The van der Waals surface area contributed by atoms with E-state index in [4.69, 9.17) is 4.42 Å². The van der Waals surface area contributed by atoms with Crippen LogP contribution >= 0.6 is 0 Å². The summed E-state index contributed by atoms with van der Waals surface area (Å²) in [5, 5.41) is 3.38. The Morgan fingerprint density at radius 2 is 2.07 bits per heavy atom. The van der Waals surface area contributed by atoms with Gasteiger partial charge >= 0.3 is 0 Å². The lowest BCUT2D eigenvalue weighted by atomic mass is 9.99. The van der Waals surface area contributed by atoms with Gasteiger partial charge in [0.25, 0.3) is 0 Å². The predicted octanol–water partition coefficient (Wildman–Crippen LogP) is 1.71. The minimum Gasteiger partial charge on any atom is -0.461 e. The molecule has 0 spiro atoms. The smallest absolute Gasteiger partial charge is 0.201 e. The molecule has 0 bridgehead atoms. The third-order valence-corrected chi connectivity index (χ3v) is 3.79. The molecule has 1 saturated heterocycles. The highest BCUT2D eigenvalue weighted by Gasteiger charge is 2.40. The quantitative estimate of drug-likeness (QED) is 0.747. The zero-order chi connectivity index (χ0) is 10.3. The Morgan fingerprint density at radius 3 is 2.67 bits per heavy atom. The topological polar surface area (TPSA) is 42.2 Å². The second kappa shape index (κ2) is 3.49. The van der Waals surface area contributed by atoms with Crippen molar-refractivity contribution in [2.24, 2.45) is 17.8 Å². The van der Waals surface area contributed by atoms with Crippen LogP contribution in [0.4, 0.5) is 0 Å². The summed E-state index contributed by atoms with van der Waals surface area (Å²) in [4.78, 5) is 12.0. The van der Waals surface area contributed by atoms with Gasteiger partial charge in [0.2, 0.25) is 5.78 Å². The fraction of sp³-hybridized carbons (Fsp3) is 0.583. The SMILES string of the molecule is O=C(c1ccco1)[C@@H]1C[C@H]2CNC[C@H]2C1. The molecule has 0 amide bonds. The summed E-state index contributed by atoms with van der Waals surface area (Å²) in [6, 6.07) is 3.55. The molecule has 3 nitrogen and oxygen atoms in total. The molecule has 1 aromatic rings. The molecule has 3 heteroatoms. The van der Waals surface area contributed by atoms with E-state index in [0.29, 0.717) is 17.6 Å². The number of fused-ring (bicyclic) bond motifs is 1. The van der Waals surface area contributed by atoms with Gasteiger partial charge in [-0.1, -0.05) is 0 Å². The summed E-state index contributed by atoms with van der Waals surface area (Å²) < 4.78 is 5.16. The van der Waals surface area contributed by atoms with Crippen LogP contribution in [0.1, 0.15) is 23.4 Å². The molecular weight excluding hydrogens is 190 g/mol. The maximum Gasteiger partial charge on any atom is 0.201 e. The molecule has 1 aliphatic heterocycles. The number of ketones is 1. The molecule has 3 rings (SSSR count). The van der Waals surface area contributed by atoms with Crippen molar-refractivity contribution in [1.29, 1.82) is 0 Å². The molecule has 0 unspecified atom stereocenters. The van der Waals surface area contributed by atoms with Crippen molar-refractivity contribution in [3.05, 3.63) is 24.2 Å². The van der Waals surface area contributed by atoms with Crippen LogP contribution in [-0.4, -0.2) is 18.9 Å². The molecule has 1 aromatic heterocycles.